The molecule has 9 nitrogen and oxygen atoms in total. The van der Waals surface area contributed by atoms with E-state index < -0.39 is 32.5 Å². The van der Waals surface area contributed by atoms with Crippen LogP contribution in [-0.4, -0.2) is 70.0 Å². The van der Waals surface area contributed by atoms with Crippen molar-refractivity contribution in [3.05, 3.63) is 207 Å². The standard InChI is InChI=1S/C90H146NO8P/c1-6-8-10-12-14-16-18-20-22-24-26-28-30-32-34-36-38-40-42-43-44-45-46-47-49-51-53-55-57-59-61-63-65-67-69-71-73-75-77-79-81-83-90(93)99-88(87-98-100(94,95)97-85-84-91(3,4)5)86-96-89(92)82-80-78-76-74-72-70-68-66-64-62-60-58-56-54-52-50-48-41-39-37-35-33-31-29-27-25-23-21-19-17-15-13-11-9-7-2/h8-11,14-17,20-23,26-29,32-35,38-41,43-44,46-47,50-53,56,58,88H,6-7,12-13,18-19,24-25,30-31,36-37,42,45,48-49,54-55,57,59-87H2,1-5H3/b10-8-,11-9-,16-14-,17-15-,22-20-,23-21-,28-26-,29-27-,34-32-,35-33-,40-38-,41-39-,44-43-,47-46-,52-50-,53-51-,58-56-. The van der Waals surface area contributed by atoms with Crippen LogP contribution in [0.3, 0.4) is 0 Å². The van der Waals surface area contributed by atoms with E-state index in [0.29, 0.717) is 23.9 Å². The molecule has 0 heterocycles. The van der Waals surface area contributed by atoms with Gasteiger partial charge in [0.1, 0.15) is 19.8 Å². The third kappa shape index (κ3) is 81.6. The number of phosphoric acid groups is 1. The van der Waals surface area contributed by atoms with Crippen molar-refractivity contribution in [3.63, 3.8) is 0 Å². The summed E-state index contributed by atoms with van der Waals surface area (Å²) in [6, 6.07) is 0. The molecule has 0 spiro atoms. The Morgan fingerprint density at radius 1 is 0.310 bits per heavy atom. The molecule has 564 valence electrons. The van der Waals surface area contributed by atoms with Crippen molar-refractivity contribution in [1.29, 1.82) is 0 Å². The molecular weight excluding hydrogens is 1250 g/mol. The zero-order chi connectivity index (χ0) is 72.5. The van der Waals surface area contributed by atoms with Crippen molar-refractivity contribution in [2.45, 2.75) is 302 Å². The summed E-state index contributed by atoms with van der Waals surface area (Å²) in [5, 5.41) is 0. The van der Waals surface area contributed by atoms with Gasteiger partial charge in [0, 0.05) is 12.8 Å². The maximum absolute atomic E-state index is 12.9. The normalized spacial score (nSPS) is 14.2. The third-order valence-corrected chi connectivity index (χ3v) is 17.3. The van der Waals surface area contributed by atoms with E-state index in [9.17, 15) is 19.0 Å². The largest absolute Gasteiger partial charge is 0.756 e. The minimum Gasteiger partial charge on any atom is -0.756 e. The van der Waals surface area contributed by atoms with Crippen LogP contribution in [0.25, 0.3) is 0 Å². The highest BCUT2D eigenvalue weighted by atomic mass is 31.2. The van der Waals surface area contributed by atoms with Gasteiger partial charge in [0.2, 0.25) is 0 Å². The first-order chi connectivity index (χ1) is 49.0. The zero-order valence-electron chi connectivity index (χ0n) is 64.3. The molecule has 2 unspecified atom stereocenters. The molecule has 0 saturated carbocycles. The smallest absolute Gasteiger partial charge is 0.306 e. The number of carbonyl (C=O) groups is 2. The monoisotopic (exact) mass is 1400 g/mol. The Kier molecular flexibility index (Phi) is 73.5. The van der Waals surface area contributed by atoms with E-state index in [1.807, 2.05) is 21.1 Å². The Morgan fingerprint density at radius 3 is 0.800 bits per heavy atom. The van der Waals surface area contributed by atoms with E-state index in [2.05, 4.69) is 220 Å². The fourth-order valence-corrected chi connectivity index (χ4v) is 11.0. The van der Waals surface area contributed by atoms with Crippen molar-refractivity contribution in [2.24, 2.45) is 0 Å². The Bertz CT molecular complexity index is 2450. The fraction of sp³-hybridized carbons (Fsp3) is 0.600. The molecule has 0 amide bonds. The van der Waals surface area contributed by atoms with Crippen molar-refractivity contribution >= 4 is 19.8 Å². The average Bonchev–Trinajstić information content (AvgIpc) is 1.30. The molecule has 100 heavy (non-hydrogen) atoms. The van der Waals surface area contributed by atoms with Gasteiger partial charge in [0.25, 0.3) is 7.82 Å². The van der Waals surface area contributed by atoms with Gasteiger partial charge in [-0.05, 0) is 148 Å². The van der Waals surface area contributed by atoms with Gasteiger partial charge in [0.15, 0.2) is 6.10 Å². The van der Waals surface area contributed by atoms with E-state index >= 15 is 0 Å². The number of nitrogens with zero attached hydrogens (tertiary/aromatic N) is 1. The van der Waals surface area contributed by atoms with Crippen LogP contribution in [0.5, 0.6) is 0 Å². The summed E-state index contributed by atoms with van der Waals surface area (Å²) in [4.78, 5) is 38.2. The van der Waals surface area contributed by atoms with Crippen LogP contribution in [0.4, 0.5) is 0 Å². The van der Waals surface area contributed by atoms with E-state index in [0.717, 1.165) is 154 Å². The van der Waals surface area contributed by atoms with Crippen LogP contribution in [0.2, 0.25) is 0 Å². The quantitative estimate of drug-likeness (QED) is 0.0195. The summed E-state index contributed by atoms with van der Waals surface area (Å²) in [6.07, 6.45) is 122. The number of hydrogen-bond acceptors (Lipinski definition) is 8. The minimum absolute atomic E-state index is 0.0408. The van der Waals surface area contributed by atoms with Crippen molar-refractivity contribution in [2.75, 3.05) is 47.5 Å². The van der Waals surface area contributed by atoms with Crippen LogP contribution in [0.1, 0.15) is 296 Å². The lowest BCUT2D eigenvalue weighted by Crippen LogP contribution is -2.37. The first-order valence-electron chi connectivity index (χ1n) is 39.8. The maximum Gasteiger partial charge on any atom is 0.306 e. The number of unbranched alkanes of at least 4 members (excludes halogenated alkanes) is 23. The van der Waals surface area contributed by atoms with Crippen LogP contribution in [-0.2, 0) is 32.7 Å². The van der Waals surface area contributed by atoms with Crippen molar-refractivity contribution in [3.8, 4) is 0 Å². The van der Waals surface area contributed by atoms with Gasteiger partial charge in [-0.15, -0.1) is 0 Å². The van der Waals surface area contributed by atoms with Gasteiger partial charge in [-0.3, -0.25) is 14.2 Å². The number of esters is 2. The number of hydrogen-bond donors (Lipinski definition) is 0. The number of carbonyl (C=O) groups excluding carboxylic acids is 2. The molecule has 0 aromatic rings. The van der Waals surface area contributed by atoms with E-state index in [4.69, 9.17) is 18.5 Å². The van der Waals surface area contributed by atoms with Crippen molar-refractivity contribution < 1.29 is 42.1 Å². The topological polar surface area (TPSA) is 111 Å². The lowest BCUT2D eigenvalue weighted by atomic mass is 10.0. The Hall–Kier alpha value is -5.41. The third-order valence-electron chi connectivity index (χ3n) is 16.3. The molecule has 0 aliphatic heterocycles. The highest BCUT2D eigenvalue weighted by molar-refractivity contribution is 7.45. The van der Waals surface area contributed by atoms with Gasteiger partial charge in [-0.2, -0.15) is 0 Å². The van der Waals surface area contributed by atoms with E-state index in [1.165, 1.54) is 103 Å². The van der Waals surface area contributed by atoms with Crippen LogP contribution in [0, 0.1) is 0 Å². The van der Waals surface area contributed by atoms with Gasteiger partial charge in [-0.1, -0.05) is 342 Å². The van der Waals surface area contributed by atoms with Crippen LogP contribution < -0.4 is 4.89 Å². The number of ether oxygens (including phenoxy) is 2. The molecule has 0 aromatic carbocycles. The molecule has 0 bridgehead atoms. The molecule has 0 aliphatic rings. The number of phosphoric ester groups is 1. The summed E-state index contributed by atoms with van der Waals surface area (Å²) in [5.74, 6) is -0.847. The lowest BCUT2D eigenvalue weighted by molar-refractivity contribution is -0.870. The second-order valence-electron chi connectivity index (χ2n) is 27.0. The van der Waals surface area contributed by atoms with Crippen molar-refractivity contribution in [1.82, 2.24) is 0 Å². The number of allylic oxidation sites excluding steroid dienone is 34. The number of quaternary nitrogens is 1. The maximum atomic E-state index is 12.9. The lowest BCUT2D eigenvalue weighted by Gasteiger charge is -2.28. The summed E-state index contributed by atoms with van der Waals surface area (Å²) in [5.41, 5.74) is 0. The van der Waals surface area contributed by atoms with Gasteiger partial charge < -0.3 is 27.9 Å². The molecular formula is C90H146NO8P. The predicted molar refractivity (Wildman–Crippen MR) is 433 cm³/mol. The van der Waals surface area contributed by atoms with E-state index in [1.54, 1.807) is 0 Å². The average molecular weight is 1400 g/mol. The van der Waals surface area contributed by atoms with Gasteiger partial charge in [0.05, 0.1) is 27.7 Å². The first kappa shape index (κ1) is 94.6. The Balaban J connectivity index is 4.07. The Labute approximate surface area is 615 Å². The number of rotatable bonds is 71. The SMILES string of the molecule is CC/C=C\C/C=C\C/C=C\C/C=C\C/C=C\C/C=C\C/C=C\C/C=C\C/C=C\CCCCCCCCCCCCCCCC(=O)OC(COC(=O)CCCCCCCCCCCC/C=C\C/C=C\C/C=C\C/C=C\C/C=C\C/C=C\C/C=C\C/C=C\CC)COP(=O)([O-])OCC[N+](C)(C)C. The molecule has 10 heteroatoms. The molecule has 2 atom stereocenters. The minimum atomic E-state index is -4.66. The molecule has 0 fully saturated rings. The zero-order valence-corrected chi connectivity index (χ0v) is 65.2. The summed E-state index contributed by atoms with van der Waals surface area (Å²) in [7, 11) is 1.14. The molecule has 0 N–H and O–H groups in total. The Morgan fingerprint density at radius 2 is 0.540 bits per heavy atom. The van der Waals surface area contributed by atoms with Crippen LogP contribution in [0.15, 0.2) is 207 Å². The molecule has 0 aliphatic carbocycles. The highest BCUT2D eigenvalue weighted by Gasteiger charge is 2.22. The summed E-state index contributed by atoms with van der Waals surface area (Å²) in [6.45, 7) is 4.00. The van der Waals surface area contributed by atoms with Crippen LogP contribution >= 0.6 is 7.82 Å². The first-order valence-corrected chi connectivity index (χ1v) is 41.3. The number of likely N-dealkylation sites (N-methyl/N-ethyl adjacent to an activating group) is 1. The second kappa shape index (κ2) is 77.7. The molecule has 0 saturated heterocycles. The molecule has 0 radical (unpaired) electrons. The van der Waals surface area contributed by atoms with E-state index in [-0.39, 0.29) is 26.1 Å². The summed E-state index contributed by atoms with van der Waals surface area (Å²) >= 11 is 0. The second-order valence-corrected chi connectivity index (χ2v) is 28.4. The predicted octanol–water partition coefficient (Wildman–Crippen LogP) is 26.3. The fourth-order valence-electron chi connectivity index (χ4n) is 10.3. The van der Waals surface area contributed by atoms with Gasteiger partial charge >= 0.3 is 11.9 Å². The van der Waals surface area contributed by atoms with Gasteiger partial charge in [-0.25, -0.2) is 0 Å². The molecule has 0 rings (SSSR count). The highest BCUT2D eigenvalue weighted by Crippen LogP contribution is 2.38. The molecule has 0 aromatic heterocycles. The summed E-state index contributed by atoms with van der Waals surface area (Å²) < 4.78 is 34.4.